The summed E-state index contributed by atoms with van der Waals surface area (Å²) in [5.74, 6) is 0. The van der Waals surface area contributed by atoms with Crippen LogP contribution < -0.4 is 21.9 Å². The lowest BCUT2D eigenvalue weighted by Crippen LogP contribution is -2.34. The molecular weight excluding hydrogens is 416 g/mol. The molecule has 8 nitrogen and oxygen atoms in total. The molecule has 33 heavy (non-hydrogen) atoms. The van der Waals surface area contributed by atoms with Crippen LogP contribution in [0, 0.1) is 0 Å². The number of urea groups is 1. The van der Waals surface area contributed by atoms with E-state index in [1.54, 1.807) is 6.07 Å². The Morgan fingerprint density at radius 1 is 0.848 bits per heavy atom. The van der Waals surface area contributed by atoms with Crippen molar-refractivity contribution in [1.82, 2.24) is 25.6 Å². The van der Waals surface area contributed by atoms with Gasteiger partial charge in [-0.05, 0) is 35.4 Å². The van der Waals surface area contributed by atoms with Crippen LogP contribution in [0.25, 0.3) is 33.3 Å². The minimum Gasteiger partial charge on any atom is -0.396 e. The topological polar surface area (TPSA) is 129 Å². The number of hydrogen-bond acceptors (Lipinski definition) is 4. The van der Waals surface area contributed by atoms with E-state index < -0.39 is 0 Å². The number of nitrogens with two attached hydrogens (primary N) is 1. The molecule has 164 valence electrons. The minimum atomic E-state index is -0.316. The molecule has 2 aromatic heterocycles. The van der Waals surface area contributed by atoms with E-state index in [2.05, 4.69) is 25.6 Å². The van der Waals surface area contributed by atoms with Gasteiger partial charge < -0.3 is 26.3 Å². The summed E-state index contributed by atoms with van der Waals surface area (Å²) in [4.78, 5) is 35.3. The van der Waals surface area contributed by atoms with Crippen LogP contribution in [0.3, 0.4) is 0 Å². The fraction of sp³-hybridized carbons (Fsp3) is 0.0800. The molecule has 0 unspecified atom stereocenters. The van der Waals surface area contributed by atoms with Crippen LogP contribution in [-0.4, -0.2) is 21.0 Å². The van der Waals surface area contributed by atoms with Crippen molar-refractivity contribution < 1.29 is 4.79 Å². The van der Waals surface area contributed by atoms with E-state index in [1.165, 1.54) is 0 Å². The van der Waals surface area contributed by atoms with E-state index in [4.69, 9.17) is 5.73 Å². The highest BCUT2D eigenvalue weighted by atomic mass is 16.2. The van der Waals surface area contributed by atoms with Gasteiger partial charge in [0.25, 0.3) is 5.56 Å². The molecule has 0 saturated carbocycles. The number of nitrogens with zero attached hydrogens (tertiary/aromatic N) is 1. The number of aromatic nitrogens is 3. The minimum absolute atomic E-state index is 0.238. The first kappa shape index (κ1) is 20.3. The number of carbonyl (C=O) groups excluding carboxylic acids is 1. The molecule has 0 aliphatic rings. The van der Waals surface area contributed by atoms with E-state index in [0.717, 1.165) is 22.0 Å². The summed E-state index contributed by atoms with van der Waals surface area (Å²) in [7, 11) is 0. The van der Waals surface area contributed by atoms with Crippen molar-refractivity contribution in [3.63, 3.8) is 0 Å². The highest BCUT2D eigenvalue weighted by Gasteiger charge is 2.16. The molecule has 0 bridgehead atoms. The third-order valence-electron chi connectivity index (χ3n) is 5.49. The Hall–Kier alpha value is -4.59. The van der Waals surface area contributed by atoms with E-state index >= 15 is 0 Å². The van der Waals surface area contributed by atoms with Gasteiger partial charge in [0.2, 0.25) is 0 Å². The van der Waals surface area contributed by atoms with Gasteiger partial charge in [-0.1, -0.05) is 48.5 Å². The number of nitrogens with one attached hydrogen (secondary N) is 4. The maximum Gasteiger partial charge on any atom is 0.315 e. The van der Waals surface area contributed by atoms with Gasteiger partial charge >= 0.3 is 6.03 Å². The van der Waals surface area contributed by atoms with Gasteiger partial charge in [-0.15, -0.1) is 0 Å². The average Bonchev–Trinajstić information content (AvgIpc) is 3.17. The van der Waals surface area contributed by atoms with Crippen LogP contribution in [0.1, 0.15) is 11.1 Å². The summed E-state index contributed by atoms with van der Waals surface area (Å²) in [6, 6.07) is 22.5. The quantitative estimate of drug-likeness (QED) is 0.287. The molecule has 0 atom stereocenters. The summed E-state index contributed by atoms with van der Waals surface area (Å²) < 4.78 is 0. The summed E-state index contributed by atoms with van der Waals surface area (Å²) in [6.07, 6.45) is 0. The third-order valence-corrected chi connectivity index (χ3v) is 5.49. The number of rotatable bonds is 5. The van der Waals surface area contributed by atoms with E-state index in [-0.39, 0.29) is 17.3 Å². The lowest BCUT2D eigenvalue weighted by Gasteiger charge is -2.08. The zero-order chi connectivity index (χ0) is 22.8. The second kappa shape index (κ2) is 8.51. The lowest BCUT2D eigenvalue weighted by atomic mass is 10.1. The van der Waals surface area contributed by atoms with Gasteiger partial charge in [0, 0.05) is 24.0 Å². The Bertz CT molecular complexity index is 1520. The standard InChI is InChI=1S/C25H22N6O2/c26-21-17-12-16(14-28-25(33)27-13-15-6-2-1-3-7-15)10-11-18(17)29-22(21)23-24(32)31-20-9-5-4-8-19(20)30-23/h1-12,29H,13-14,26H2,(H,31,32)(H2,27,28,33). The second-order valence-corrected chi connectivity index (χ2v) is 7.75. The molecule has 0 spiro atoms. The van der Waals surface area contributed by atoms with Crippen molar-refractivity contribution in [3.8, 4) is 11.4 Å². The average molecular weight is 438 g/mol. The molecular formula is C25H22N6O2. The van der Waals surface area contributed by atoms with Gasteiger partial charge in [-0.2, -0.15) is 0 Å². The number of nitrogen functional groups attached to an aromatic ring is 1. The zero-order valence-corrected chi connectivity index (χ0v) is 17.7. The third kappa shape index (κ3) is 4.14. The van der Waals surface area contributed by atoms with Gasteiger partial charge in [0.05, 0.1) is 22.4 Å². The Labute approximate surface area is 188 Å². The maximum absolute atomic E-state index is 12.6. The fourth-order valence-corrected chi connectivity index (χ4v) is 3.78. The molecule has 6 N–H and O–H groups in total. The van der Waals surface area contributed by atoms with Crippen LogP contribution in [0.2, 0.25) is 0 Å². The fourth-order valence-electron chi connectivity index (χ4n) is 3.78. The lowest BCUT2D eigenvalue weighted by molar-refractivity contribution is 0.240. The largest absolute Gasteiger partial charge is 0.396 e. The summed E-state index contributed by atoms with van der Waals surface area (Å²) in [5, 5.41) is 6.46. The second-order valence-electron chi connectivity index (χ2n) is 7.75. The number of hydrogen-bond donors (Lipinski definition) is 5. The SMILES string of the molecule is Nc1c(-c2nc3ccccc3[nH]c2=O)[nH]c2ccc(CNC(=O)NCc3ccccc3)cc12. The molecule has 0 fully saturated rings. The molecule has 5 aromatic rings. The van der Waals surface area contributed by atoms with E-state index in [1.807, 2.05) is 66.7 Å². The predicted octanol–water partition coefficient (Wildman–Crippen LogP) is 3.65. The van der Waals surface area contributed by atoms with Crippen molar-refractivity contribution in [2.45, 2.75) is 13.1 Å². The monoisotopic (exact) mass is 438 g/mol. The predicted molar refractivity (Wildman–Crippen MR) is 130 cm³/mol. The van der Waals surface area contributed by atoms with Crippen LogP contribution in [-0.2, 0) is 13.1 Å². The molecule has 3 aromatic carbocycles. The summed E-state index contributed by atoms with van der Waals surface area (Å²) in [6.45, 7) is 0.790. The first-order valence-electron chi connectivity index (χ1n) is 10.5. The number of benzene rings is 3. The Balaban J connectivity index is 1.35. The molecule has 2 heterocycles. The van der Waals surface area contributed by atoms with Crippen LogP contribution in [0.15, 0.2) is 77.6 Å². The van der Waals surface area contributed by atoms with Gasteiger partial charge in [0.1, 0.15) is 0 Å². The molecule has 5 rings (SSSR count). The first-order valence-corrected chi connectivity index (χ1v) is 10.5. The van der Waals surface area contributed by atoms with Crippen LogP contribution in [0.4, 0.5) is 10.5 Å². The molecule has 0 radical (unpaired) electrons. The number of fused-ring (bicyclic) bond motifs is 2. The smallest absolute Gasteiger partial charge is 0.315 e. The number of aromatic amines is 2. The van der Waals surface area contributed by atoms with Crippen LogP contribution >= 0.6 is 0 Å². The highest BCUT2D eigenvalue weighted by Crippen LogP contribution is 2.31. The molecule has 0 saturated heterocycles. The maximum atomic E-state index is 12.6. The van der Waals surface area contributed by atoms with E-state index in [9.17, 15) is 9.59 Å². The normalized spacial score (nSPS) is 11.0. The summed E-state index contributed by atoms with van der Waals surface area (Å²) >= 11 is 0. The number of carbonyl (C=O) groups is 1. The zero-order valence-electron chi connectivity index (χ0n) is 17.7. The van der Waals surface area contributed by atoms with Crippen molar-refractivity contribution in [1.29, 1.82) is 0 Å². The van der Waals surface area contributed by atoms with Gasteiger partial charge in [0.15, 0.2) is 5.69 Å². The Morgan fingerprint density at radius 3 is 2.39 bits per heavy atom. The molecule has 2 amide bonds. The van der Waals surface area contributed by atoms with Crippen molar-refractivity contribution in [2.75, 3.05) is 5.73 Å². The molecule has 8 heteroatoms. The number of anilines is 1. The van der Waals surface area contributed by atoms with E-state index in [0.29, 0.717) is 35.5 Å². The van der Waals surface area contributed by atoms with Crippen molar-refractivity contribution >= 4 is 33.7 Å². The van der Waals surface area contributed by atoms with Crippen molar-refractivity contribution in [3.05, 3.63) is 94.3 Å². The first-order chi connectivity index (χ1) is 16.1. The highest BCUT2D eigenvalue weighted by molar-refractivity contribution is 6.00. The number of para-hydroxylation sites is 2. The molecule has 0 aliphatic carbocycles. The molecule has 0 aliphatic heterocycles. The summed E-state index contributed by atoms with van der Waals surface area (Å²) in [5.41, 5.74) is 11.3. The number of H-pyrrole nitrogens is 2. The Morgan fingerprint density at radius 2 is 1.58 bits per heavy atom. The van der Waals surface area contributed by atoms with Crippen molar-refractivity contribution in [2.24, 2.45) is 0 Å². The van der Waals surface area contributed by atoms with Gasteiger partial charge in [-0.25, -0.2) is 9.78 Å². The van der Waals surface area contributed by atoms with Crippen LogP contribution in [0.5, 0.6) is 0 Å². The Kier molecular flexibility index (Phi) is 5.24. The number of amides is 2. The van der Waals surface area contributed by atoms with Gasteiger partial charge in [-0.3, -0.25) is 4.79 Å².